The molecular weight excluding hydrogens is 224 g/mol. The van der Waals surface area contributed by atoms with Gasteiger partial charge in [0.15, 0.2) is 0 Å². The molecule has 0 radical (unpaired) electrons. The van der Waals surface area contributed by atoms with Crippen molar-refractivity contribution in [3.63, 3.8) is 0 Å². The van der Waals surface area contributed by atoms with E-state index in [9.17, 15) is 0 Å². The SMILES string of the molecule is COCC(C)n1c(CCl)nc2ccccc21. The molecule has 0 bridgehead atoms. The summed E-state index contributed by atoms with van der Waals surface area (Å²) < 4.78 is 7.33. The number of nitrogens with zero attached hydrogens (tertiary/aromatic N) is 2. The lowest BCUT2D eigenvalue weighted by Crippen LogP contribution is -2.13. The van der Waals surface area contributed by atoms with Crippen molar-refractivity contribution in [2.24, 2.45) is 0 Å². The zero-order valence-corrected chi connectivity index (χ0v) is 10.2. The molecule has 0 amide bonds. The summed E-state index contributed by atoms with van der Waals surface area (Å²) in [5.41, 5.74) is 2.10. The average Bonchev–Trinajstić information content (AvgIpc) is 2.67. The van der Waals surface area contributed by atoms with Crippen molar-refractivity contribution in [1.82, 2.24) is 9.55 Å². The third-order valence-corrected chi connectivity index (χ3v) is 2.88. The summed E-state index contributed by atoms with van der Waals surface area (Å²) in [6.07, 6.45) is 0. The molecule has 0 N–H and O–H groups in total. The van der Waals surface area contributed by atoms with Crippen LogP contribution in [0, 0.1) is 0 Å². The van der Waals surface area contributed by atoms with Crippen molar-refractivity contribution in [3.05, 3.63) is 30.1 Å². The number of rotatable bonds is 4. The maximum atomic E-state index is 5.92. The van der Waals surface area contributed by atoms with Gasteiger partial charge in [0, 0.05) is 7.11 Å². The molecular formula is C12H15ClN2O. The Morgan fingerprint density at radius 1 is 1.44 bits per heavy atom. The van der Waals surface area contributed by atoms with Crippen molar-refractivity contribution < 1.29 is 4.74 Å². The monoisotopic (exact) mass is 238 g/mol. The summed E-state index contributed by atoms with van der Waals surface area (Å²) in [4.78, 5) is 4.51. The Bertz CT molecular complexity index is 481. The summed E-state index contributed by atoms with van der Waals surface area (Å²) in [5, 5.41) is 0. The lowest BCUT2D eigenvalue weighted by molar-refractivity contribution is 0.163. The minimum absolute atomic E-state index is 0.242. The number of hydrogen-bond acceptors (Lipinski definition) is 2. The molecule has 1 aromatic carbocycles. The summed E-state index contributed by atoms with van der Waals surface area (Å²) in [5.74, 6) is 1.32. The quantitative estimate of drug-likeness (QED) is 0.766. The van der Waals surface area contributed by atoms with Crippen molar-refractivity contribution in [2.75, 3.05) is 13.7 Å². The van der Waals surface area contributed by atoms with Gasteiger partial charge in [-0.15, -0.1) is 11.6 Å². The Kier molecular flexibility index (Phi) is 3.46. The third-order valence-electron chi connectivity index (χ3n) is 2.64. The predicted octanol–water partition coefficient (Wildman–Crippen LogP) is 2.98. The van der Waals surface area contributed by atoms with Gasteiger partial charge in [-0.1, -0.05) is 12.1 Å². The first-order valence-corrected chi connectivity index (χ1v) is 5.82. The van der Waals surface area contributed by atoms with Crippen molar-refractivity contribution >= 4 is 22.6 Å². The van der Waals surface area contributed by atoms with Gasteiger partial charge in [0.25, 0.3) is 0 Å². The maximum Gasteiger partial charge on any atom is 0.125 e. The van der Waals surface area contributed by atoms with Gasteiger partial charge < -0.3 is 9.30 Å². The Morgan fingerprint density at radius 2 is 2.19 bits per heavy atom. The van der Waals surface area contributed by atoms with Crippen LogP contribution in [0.25, 0.3) is 11.0 Å². The van der Waals surface area contributed by atoms with Crippen molar-refractivity contribution in [1.29, 1.82) is 0 Å². The number of halogens is 1. The maximum absolute atomic E-state index is 5.92. The van der Waals surface area contributed by atoms with Crippen LogP contribution in [0.15, 0.2) is 24.3 Å². The molecule has 1 unspecified atom stereocenters. The van der Waals surface area contributed by atoms with Crippen LogP contribution in [0.1, 0.15) is 18.8 Å². The third kappa shape index (κ3) is 1.93. The molecule has 0 fully saturated rings. The van der Waals surface area contributed by atoms with Gasteiger partial charge in [-0.05, 0) is 19.1 Å². The van der Waals surface area contributed by atoms with Crippen LogP contribution in [0.3, 0.4) is 0 Å². The Hall–Kier alpha value is -1.06. The molecule has 16 heavy (non-hydrogen) atoms. The fourth-order valence-corrected chi connectivity index (χ4v) is 2.18. The van der Waals surface area contributed by atoms with E-state index in [0.29, 0.717) is 12.5 Å². The second kappa shape index (κ2) is 4.85. The first-order valence-electron chi connectivity index (χ1n) is 5.28. The number of alkyl halides is 1. The molecule has 0 saturated heterocycles. The van der Waals surface area contributed by atoms with Crippen LogP contribution in [-0.4, -0.2) is 23.3 Å². The van der Waals surface area contributed by atoms with E-state index in [4.69, 9.17) is 16.3 Å². The number of benzene rings is 1. The van der Waals surface area contributed by atoms with Gasteiger partial charge in [0.2, 0.25) is 0 Å². The zero-order valence-electron chi connectivity index (χ0n) is 9.48. The topological polar surface area (TPSA) is 27.1 Å². The average molecular weight is 239 g/mol. The first kappa shape index (κ1) is 11.4. The highest BCUT2D eigenvalue weighted by Crippen LogP contribution is 2.22. The first-order chi connectivity index (χ1) is 7.77. The van der Waals surface area contributed by atoms with Crippen LogP contribution < -0.4 is 0 Å². The molecule has 0 aliphatic carbocycles. The fourth-order valence-electron chi connectivity index (χ4n) is 2.00. The predicted molar refractivity (Wildman–Crippen MR) is 65.9 cm³/mol. The van der Waals surface area contributed by atoms with E-state index in [0.717, 1.165) is 16.9 Å². The van der Waals surface area contributed by atoms with Gasteiger partial charge >= 0.3 is 0 Å². The molecule has 0 aliphatic rings. The molecule has 2 aromatic rings. The van der Waals surface area contributed by atoms with Gasteiger partial charge in [-0.3, -0.25) is 0 Å². The number of para-hydroxylation sites is 2. The molecule has 86 valence electrons. The van der Waals surface area contributed by atoms with E-state index in [1.807, 2.05) is 18.2 Å². The number of ether oxygens (including phenoxy) is 1. The minimum atomic E-state index is 0.242. The van der Waals surface area contributed by atoms with E-state index < -0.39 is 0 Å². The summed E-state index contributed by atoms with van der Waals surface area (Å²) in [6, 6.07) is 8.30. The van der Waals surface area contributed by atoms with Crippen LogP contribution >= 0.6 is 11.6 Å². The van der Waals surface area contributed by atoms with Crippen molar-refractivity contribution in [2.45, 2.75) is 18.8 Å². The number of aromatic nitrogens is 2. The van der Waals surface area contributed by atoms with E-state index in [2.05, 4.69) is 22.5 Å². The fraction of sp³-hybridized carbons (Fsp3) is 0.417. The van der Waals surface area contributed by atoms with Crippen LogP contribution in [0.5, 0.6) is 0 Å². The molecule has 1 atom stereocenters. The van der Waals surface area contributed by atoms with Crippen LogP contribution in [-0.2, 0) is 10.6 Å². The highest BCUT2D eigenvalue weighted by atomic mass is 35.5. The van der Waals surface area contributed by atoms with Crippen molar-refractivity contribution in [3.8, 4) is 0 Å². The second-order valence-corrected chi connectivity index (χ2v) is 4.09. The highest BCUT2D eigenvalue weighted by Gasteiger charge is 2.14. The number of fused-ring (bicyclic) bond motifs is 1. The molecule has 0 saturated carbocycles. The largest absolute Gasteiger partial charge is 0.383 e. The lowest BCUT2D eigenvalue weighted by Gasteiger charge is -2.15. The summed E-state index contributed by atoms with van der Waals surface area (Å²) in [7, 11) is 1.70. The molecule has 1 aromatic heterocycles. The normalized spacial score (nSPS) is 13.2. The van der Waals surface area contributed by atoms with E-state index >= 15 is 0 Å². The molecule has 3 nitrogen and oxygen atoms in total. The Balaban J connectivity index is 2.55. The molecule has 2 rings (SSSR count). The van der Waals surface area contributed by atoms with E-state index in [-0.39, 0.29) is 6.04 Å². The zero-order chi connectivity index (χ0) is 11.5. The molecule has 4 heteroatoms. The molecule has 0 aliphatic heterocycles. The Morgan fingerprint density at radius 3 is 2.88 bits per heavy atom. The Labute approximate surface area is 100.0 Å². The highest BCUT2D eigenvalue weighted by molar-refractivity contribution is 6.16. The minimum Gasteiger partial charge on any atom is -0.383 e. The van der Waals surface area contributed by atoms with Crippen LogP contribution in [0.2, 0.25) is 0 Å². The molecule has 1 heterocycles. The second-order valence-electron chi connectivity index (χ2n) is 3.82. The lowest BCUT2D eigenvalue weighted by atomic mass is 10.3. The summed E-state index contributed by atoms with van der Waals surface area (Å²) >= 11 is 5.92. The van der Waals surface area contributed by atoms with E-state index in [1.54, 1.807) is 7.11 Å². The van der Waals surface area contributed by atoms with Gasteiger partial charge in [-0.25, -0.2) is 4.98 Å². The number of hydrogen-bond donors (Lipinski definition) is 0. The van der Waals surface area contributed by atoms with Gasteiger partial charge in [0.1, 0.15) is 5.82 Å². The standard InChI is InChI=1S/C12H15ClN2O/c1-9(8-16-2)15-11-6-4-3-5-10(11)14-12(15)7-13/h3-6,9H,7-8H2,1-2H3. The van der Waals surface area contributed by atoms with Gasteiger partial charge in [0.05, 0.1) is 29.6 Å². The summed E-state index contributed by atoms with van der Waals surface area (Å²) in [6.45, 7) is 2.76. The van der Waals surface area contributed by atoms with E-state index in [1.165, 1.54) is 0 Å². The number of imidazole rings is 1. The molecule has 0 spiro atoms. The van der Waals surface area contributed by atoms with Crippen LogP contribution in [0.4, 0.5) is 0 Å². The smallest absolute Gasteiger partial charge is 0.125 e. The van der Waals surface area contributed by atoms with Gasteiger partial charge in [-0.2, -0.15) is 0 Å². The number of methoxy groups -OCH3 is 1.